The molecule has 0 saturated carbocycles. The summed E-state index contributed by atoms with van der Waals surface area (Å²) in [5.74, 6) is 0.973. The number of halogens is 1. The van der Waals surface area contributed by atoms with Crippen LogP contribution in [0.2, 0.25) is 0 Å². The van der Waals surface area contributed by atoms with Crippen molar-refractivity contribution in [3.63, 3.8) is 0 Å². The molecule has 0 atom stereocenters. The Morgan fingerprint density at radius 3 is 2.75 bits per heavy atom. The van der Waals surface area contributed by atoms with Gasteiger partial charge in [0.25, 0.3) is 0 Å². The maximum absolute atomic E-state index is 4.64. The van der Waals surface area contributed by atoms with Gasteiger partial charge in [-0.15, -0.1) is 0 Å². The third-order valence-electron chi connectivity index (χ3n) is 2.82. The smallest absolute Gasteiger partial charge is 0.137 e. The molecule has 0 unspecified atom stereocenters. The van der Waals surface area contributed by atoms with Gasteiger partial charge in [-0.05, 0) is 12.1 Å². The molecule has 2 heterocycles. The van der Waals surface area contributed by atoms with Crippen molar-refractivity contribution in [1.82, 2.24) is 15.3 Å². The molecule has 16 heavy (non-hydrogen) atoms. The summed E-state index contributed by atoms with van der Waals surface area (Å²) in [4.78, 5) is 8.02. The average molecular weight is 278 g/mol. The fourth-order valence-electron chi connectivity index (χ4n) is 1.96. The highest BCUT2D eigenvalue weighted by Gasteiger charge is 2.14. The van der Waals surface area contributed by atoms with Gasteiger partial charge in [0.15, 0.2) is 0 Å². The second-order valence-electron chi connectivity index (χ2n) is 3.94. The highest BCUT2D eigenvalue weighted by molar-refractivity contribution is 9.10. The number of hydrogen-bond donors (Lipinski definition) is 2. The minimum Gasteiger partial charge on any atom is -0.341 e. The highest BCUT2D eigenvalue weighted by atomic mass is 79.9. The predicted octanol–water partition coefficient (Wildman–Crippen LogP) is 2.48. The van der Waals surface area contributed by atoms with E-state index in [1.807, 2.05) is 12.1 Å². The lowest BCUT2D eigenvalue weighted by molar-refractivity contribution is 0.627. The van der Waals surface area contributed by atoms with Gasteiger partial charge < -0.3 is 10.3 Å². The lowest BCUT2D eigenvalue weighted by atomic mass is 10.2. The van der Waals surface area contributed by atoms with Crippen molar-refractivity contribution in [2.45, 2.75) is 13.0 Å². The second kappa shape index (κ2) is 4.03. The number of rotatable bonds is 1. The van der Waals surface area contributed by atoms with Gasteiger partial charge in [-0.1, -0.05) is 28.1 Å². The molecule has 1 aliphatic heterocycles. The van der Waals surface area contributed by atoms with Gasteiger partial charge in [0.05, 0.1) is 11.4 Å². The quantitative estimate of drug-likeness (QED) is 0.841. The van der Waals surface area contributed by atoms with Crippen molar-refractivity contribution in [2.75, 3.05) is 6.54 Å². The SMILES string of the molecule is Brc1ccc(-c2nc3c([nH]2)CNCC3)cc1. The Hall–Kier alpha value is -1.13. The van der Waals surface area contributed by atoms with E-state index < -0.39 is 0 Å². The van der Waals surface area contributed by atoms with E-state index in [1.54, 1.807) is 0 Å². The van der Waals surface area contributed by atoms with Crippen molar-refractivity contribution >= 4 is 15.9 Å². The van der Waals surface area contributed by atoms with Crippen molar-refractivity contribution in [3.8, 4) is 11.4 Å². The molecule has 3 nitrogen and oxygen atoms in total. The Labute approximate surface area is 102 Å². The van der Waals surface area contributed by atoms with E-state index >= 15 is 0 Å². The molecule has 4 heteroatoms. The summed E-state index contributed by atoms with van der Waals surface area (Å²) >= 11 is 3.43. The van der Waals surface area contributed by atoms with Crippen LogP contribution in [0.15, 0.2) is 28.7 Å². The van der Waals surface area contributed by atoms with Gasteiger partial charge in [-0.3, -0.25) is 0 Å². The predicted molar refractivity (Wildman–Crippen MR) is 67.1 cm³/mol. The van der Waals surface area contributed by atoms with E-state index in [0.717, 1.165) is 35.4 Å². The summed E-state index contributed by atoms with van der Waals surface area (Å²) < 4.78 is 1.09. The van der Waals surface area contributed by atoms with Crippen LogP contribution < -0.4 is 5.32 Å². The van der Waals surface area contributed by atoms with Crippen molar-refractivity contribution in [1.29, 1.82) is 0 Å². The Balaban J connectivity index is 2.00. The van der Waals surface area contributed by atoms with Crippen molar-refractivity contribution in [2.24, 2.45) is 0 Å². The van der Waals surface area contributed by atoms with Crippen LogP contribution in [0.1, 0.15) is 11.4 Å². The largest absolute Gasteiger partial charge is 0.341 e. The first kappa shape index (κ1) is 10.1. The van der Waals surface area contributed by atoms with E-state index in [0.29, 0.717) is 0 Å². The van der Waals surface area contributed by atoms with Gasteiger partial charge in [0.2, 0.25) is 0 Å². The number of imidazole rings is 1. The Morgan fingerprint density at radius 2 is 2.00 bits per heavy atom. The van der Waals surface area contributed by atoms with Crippen LogP contribution in [0.4, 0.5) is 0 Å². The van der Waals surface area contributed by atoms with E-state index in [2.05, 4.69) is 43.3 Å². The summed E-state index contributed by atoms with van der Waals surface area (Å²) in [6, 6.07) is 8.22. The lowest BCUT2D eigenvalue weighted by Gasteiger charge is -2.09. The molecule has 2 aromatic rings. The molecule has 0 radical (unpaired) electrons. The summed E-state index contributed by atoms with van der Waals surface area (Å²) in [7, 11) is 0. The molecule has 1 aliphatic rings. The Bertz CT molecular complexity index is 478. The highest BCUT2D eigenvalue weighted by Crippen LogP contribution is 2.21. The van der Waals surface area contributed by atoms with Crippen molar-refractivity contribution < 1.29 is 0 Å². The minimum atomic E-state index is 0.902. The number of nitrogens with zero attached hydrogens (tertiary/aromatic N) is 1. The lowest BCUT2D eigenvalue weighted by Crippen LogP contribution is -2.23. The molecular formula is C12H12BrN3. The molecule has 0 spiro atoms. The monoisotopic (exact) mass is 277 g/mol. The fraction of sp³-hybridized carbons (Fsp3) is 0.250. The van der Waals surface area contributed by atoms with Crippen LogP contribution in [-0.2, 0) is 13.0 Å². The second-order valence-corrected chi connectivity index (χ2v) is 4.86. The number of aromatic nitrogens is 2. The Kier molecular flexibility index (Phi) is 2.53. The molecule has 1 aromatic heterocycles. The number of H-pyrrole nitrogens is 1. The molecule has 2 N–H and O–H groups in total. The van der Waals surface area contributed by atoms with Gasteiger partial charge in [-0.2, -0.15) is 0 Å². The van der Waals surface area contributed by atoms with Crippen molar-refractivity contribution in [3.05, 3.63) is 40.1 Å². The number of fused-ring (bicyclic) bond motifs is 1. The molecule has 0 amide bonds. The maximum atomic E-state index is 4.64. The summed E-state index contributed by atoms with van der Waals surface area (Å²) in [6.07, 6.45) is 1.02. The zero-order valence-corrected chi connectivity index (χ0v) is 10.3. The van der Waals surface area contributed by atoms with Gasteiger partial charge in [0, 0.05) is 29.5 Å². The van der Waals surface area contributed by atoms with Crippen LogP contribution in [0.25, 0.3) is 11.4 Å². The topological polar surface area (TPSA) is 40.7 Å². The molecule has 0 saturated heterocycles. The molecule has 0 aliphatic carbocycles. The van der Waals surface area contributed by atoms with E-state index in [4.69, 9.17) is 0 Å². The Morgan fingerprint density at radius 1 is 1.19 bits per heavy atom. The van der Waals surface area contributed by atoms with E-state index in [1.165, 1.54) is 11.4 Å². The summed E-state index contributed by atoms with van der Waals surface area (Å²) in [5.41, 5.74) is 3.57. The number of hydrogen-bond acceptors (Lipinski definition) is 2. The molecule has 3 rings (SSSR count). The van der Waals surface area contributed by atoms with Gasteiger partial charge in [-0.25, -0.2) is 4.98 Å². The maximum Gasteiger partial charge on any atom is 0.137 e. The first-order chi connectivity index (χ1) is 7.83. The van der Waals surface area contributed by atoms with E-state index in [-0.39, 0.29) is 0 Å². The molecule has 0 bridgehead atoms. The average Bonchev–Trinajstić information content (AvgIpc) is 2.73. The van der Waals surface area contributed by atoms with Crippen LogP contribution in [-0.4, -0.2) is 16.5 Å². The third-order valence-corrected chi connectivity index (χ3v) is 3.35. The van der Waals surface area contributed by atoms with Crippen LogP contribution in [0.3, 0.4) is 0 Å². The zero-order chi connectivity index (χ0) is 11.0. The first-order valence-electron chi connectivity index (χ1n) is 5.37. The summed E-state index contributed by atoms with van der Waals surface area (Å²) in [6.45, 7) is 1.93. The van der Waals surface area contributed by atoms with Gasteiger partial charge in [0.1, 0.15) is 5.82 Å². The van der Waals surface area contributed by atoms with Crippen LogP contribution >= 0.6 is 15.9 Å². The van der Waals surface area contributed by atoms with Gasteiger partial charge >= 0.3 is 0 Å². The number of benzene rings is 1. The third kappa shape index (κ3) is 1.79. The first-order valence-corrected chi connectivity index (χ1v) is 6.16. The number of aromatic amines is 1. The zero-order valence-electron chi connectivity index (χ0n) is 8.76. The standard InChI is InChI=1S/C12H12BrN3/c13-9-3-1-8(2-4-9)12-15-10-5-6-14-7-11(10)16-12/h1-4,14H,5-7H2,(H,15,16). The van der Waals surface area contributed by atoms with E-state index in [9.17, 15) is 0 Å². The number of nitrogens with one attached hydrogen (secondary N) is 2. The fourth-order valence-corrected chi connectivity index (χ4v) is 2.23. The molecule has 0 fully saturated rings. The minimum absolute atomic E-state index is 0.902. The molecule has 82 valence electrons. The molecular weight excluding hydrogens is 266 g/mol. The van der Waals surface area contributed by atoms with Crippen LogP contribution in [0.5, 0.6) is 0 Å². The summed E-state index contributed by atoms with van der Waals surface area (Å²) in [5, 5.41) is 3.34. The normalized spacial score (nSPS) is 14.8. The molecule has 1 aromatic carbocycles. The van der Waals surface area contributed by atoms with Crippen LogP contribution in [0, 0.1) is 0 Å².